The second-order valence-corrected chi connectivity index (χ2v) is 10.8. The molecule has 0 atom stereocenters. The fourth-order valence-electron chi connectivity index (χ4n) is 1.48. The molecular weight excluding hydrogens is 160 g/mol. The van der Waals surface area contributed by atoms with E-state index in [1.807, 2.05) is 0 Å². The first-order valence-corrected chi connectivity index (χ1v) is 8.07. The van der Waals surface area contributed by atoms with E-state index in [9.17, 15) is 0 Å². The van der Waals surface area contributed by atoms with E-state index in [2.05, 4.69) is 33.5 Å². The van der Waals surface area contributed by atoms with Gasteiger partial charge in [0.1, 0.15) is 0 Å². The molecule has 0 saturated carbocycles. The Balaban J connectivity index is 3.89. The zero-order valence-electron chi connectivity index (χ0n) is 7.79. The van der Waals surface area contributed by atoms with Gasteiger partial charge in [0.15, 0.2) is 0 Å². The van der Waals surface area contributed by atoms with Crippen LogP contribution in [0.15, 0.2) is 0 Å². The summed E-state index contributed by atoms with van der Waals surface area (Å²) in [5.74, 6) is 0.789. The predicted molar refractivity (Wildman–Crippen MR) is 52.7 cm³/mol. The van der Waals surface area contributed by atoms with E-state index in [4.69, 9.17) is 11.6 Å². The van der Waals surface area contributed by atoms with E-state index in [-0.39, 0.29) is 0 Å². The maximum Gasteiger partial charge on any atom is 0.0448 e. The molecule has 0 aromatic rings. The van der Waals surface area contributed by atoms with Crippen molar-refractivity contribution in [3.8, 4) is 0 Å². The zero-order valence-corrected chi connectivity index (χ0v) is 9.55. The molecule has 0 aromatic carbocycles. The SMILES string of the molecule is CC(C)(CCl)C[Si](C)(C)C. The van der Waals surface area contributed by atoms with Crippen LogP contribution in [-0.2, 0) is 0 Å². The molecule has 0 aliphatic rings. The van der Waals surface area contributed by atoms with Crippen LogP contribution in [-0.4, -0.2) is 14.0 Å². The van der Waals surface area contributed by atoms with Crippen molar-refractivity contribution in [1.82, 2.24) is 0 Å². The van der Waals surface area contributed by atoms with Crippen molar-refractivity contribution in [3.05, 3.63) is 0 Å². The molecule has 10 heavy (non-hydrogen) atoms. The van der Waals surface area contributed by atoms with Gasteiger partial charge in [0, 0.05) is 14.0 Å². The van der Waals surface area contributed by atoms with Gasteiger partial charge in [0.25, 0.3) is 0 Å². The summed E-state index contributed by atoms with van der Waals surface area (Å²) >= 11 is 5.82. The molecule has 0 unspecified atom stereocenters. The largest absolute Gasteiger partial charge is 0.126 e. The van der Waals surface area contributed by atoms with Crippen molar-refractivity contribution >= 4 is 19.7 Å². The summed E-state index contributed by atoms with van der Waals surface area (Å²) < 4.78 is 0. The standard InChI is InChI=1S/C8H19ClSi/c1-8(2,6-9)7-10(3,4)5/h6-7H2,1-5H3. The molecule has 0 aliphatic carbocycles. The van der Waals surface area contributed by atoms with E-state index in [0.717, 1.165) is 5.88 Å². The monoisotopic (exact) mass is 178 g/mol. The molecule has 0 saturated heterocycles. The molecule has 0 radical (unpaired) electrons. The Hall–Kier alpha value is 0.507. The highest BCUT2D eigenvalue weighted by Crippen LogP contribution is 2.29. The van der Waals surface area contributed by atoms with E-state index in [1.165, 1.54) is 6.04 Å². The van der Waals surface area contributed by atoms with Crippen LogP contribution in [0.2, 0.25) is 25.7 Å². The van der Waals surface area contributed by atoms with Crippen LogP contribution in [0, 0.1) is 5.41 Å². The van der Waals surface area contributed by atoms with Crippen LogP contribution in [0.5, 0.6) is 0 Å². The van der Waals surface area contributed by atoms with Crippen molar-refractivity contribution in [3.63, 3.8) is 0 Å². The zero-order chi connectivity index (χ0) is 8.41. The maximum atomic E-state index is 5.82. The Morgan fingerprint density at radius 3 is 1.70 bits per heavy atom. The minimum absolute atomic E-state index is 0.353. The van der Waals surface area contributed by atoms with Gasteiger partial charge in [-0.05, 0) is 5.41 Å². The molecule has 0 spiro atoms. The minimum Gasteiger partial charge on any atom is -0.126 e. The first-order valence-electron chi connectivity index (χ1n) is 3.83. The van der Waals surface area contributed by atoms with Gasteiger partial charge < -0.3 is 0 Å². The third-order valence-corrected chi connectivity index (χ3v) is 4.11. The topological polar surface area (TPSA) is 0 Å². The van der Waals surface area contributed by atoms with Gasteiger partial charge in [-0.25, -0.2) is 0 Å². The van der Waals surface area contributed by atoms with Gasteiger partial charge in [-0.1, -0.05) is 39.5 Å². The minimum atomic E-state index is -0.898. The van der Waals surface area contributed by atoms with Crippen molar-refractivity contribution < 1.29 is 0 Å². The van der Waals surface area contributed by atoms with Gasteiger partial charge in [0.05, 0.1) is 0 Å². The second-order valence-electron chi connectivity index (χ2n) is 5.04. The lowest BCUT2D eigenvalue weighted by molar-refractivity contribution is 0.469. The van der Waals surface area contributed by atoms with Crippen LogP contribution in [0.4, 0.5) is 0 Å². The molecule has 0 amide bonds. The lowest BCUT2D eigenvalue weighted by Gasteiger charge is -2.28. The molecule has 0 nitrogen and oxygen atoms in total. The van der Waals surface area contributed by atoms with E-state index in [0.29, 0.717) is 5.41 Å². The summed E-state index contributed by atoms with van der Waals surface area (Å²) in [5, 5.41) is 0. The third-order valence-electron chi connectivity index (χ3n) is 1.37. The van der Waals surface area contributed by atoms with Crippen molar-refractivity contribution in [2.45, 2.75) is 39.5 Å². The summed E-state index contributed by atoms with van der Waals surface area (Å²) in [4.78, 5) is 0. The van der Waals surface area contributed by atoms with Gasteiger partial charge >= 0.3 is 0 Å². The Bertz CT molecular complexity index is 102. The van der Waals surface area contributed by atoms with E-state index in [1.54, 1.807) is 0 Å². The van der Waals surface area contributed by atoms with Crippen molar-refractivity contribution in [2.75, 3.05) is 5.88 Å². The predicted octanol–water partition coefficient (Wildman–Crippen LogP) is 3.59. The fraction of sp³-hybridized carbons (Fsp3) is 1.00. The number of halogens is 1. The van der Waals surface area contributed by atoms with E-state index >= 15 is 0 Å². The molecule has 0 N–H and O–H groups in total. The maximum absolute atomic E-state index is 5.82. The molecule has 0 aromatic heterocycles. The first kappa shape index (κ1) is 10.5. The average molecular weight is 179 g/mol. The average Bonchev–Trinajstić information content (AvgIpc) is 1.60. The van der Waals surface area contributed by atoms with Crippen molar-refractivity contribution in [1.29, 1.82) is 0 Å². The molecule has 0 aliphatic heterocycles. The molecule has 2 heteroatoms. The fourth-order valence-corrected chi connectivity index (χ4v) is 4.73. The van der Waals surface area contributed by atoms with Gasteiger partial charge in [-0.3, -0.25) is 0 Å². The molecule has 0 bridgehead atoms. The van der Waals surface area contributed by atoms with Crippen molar-refractivity contribution in [2.24, 2.45) is 5.41 Å². The number of hydrogen-bond donors (Lipinski definition) is 0. The number of hydrogen-bond acceptors (Lipinski definition) is 0. The Morgan fingerprint density at radius 1 is 1.20 bits per heavy atom. The summed E-state index contributed by atoms with van der Waals surface area (Å²) in [6, 6.07) is 1.32. The smallest absolute Gasteiger partial charge is 0.0448 e. The Labute approximate surface area is 71.0 Å². The molecule has 0 fully saturated rings. The highest BCUT2D eigenvalue weighted by molar-refractivity contribution is 6.76. The normalized spacial score (nSPS) is 13.8. The lowest BCUT2D eigenvalue weighted by Crippen LogP contribution is -2.29. The van der Waals surface area contributed by atoms with Crippen LogP contribution in [0.3, 0.4) is 0 Å². The number of alkyl halides is 1. The quantitative estimate of drug-likeness (QED) is 0.458. The van der Waals surface area contributed by atoms with Crippen LogP contribution >= 0.6 is 11.6 Å². The first-order chi connectivity index (χ1) is 4.27. The summed E-state index contributed by atoms with van der Waals surface area (Å²) in [5.41, 5.74) is 0.353. The third kappa shape index (κ3) is 5.30. The molecular formula is C8H19ClSi. The van der Waals surface area contributed by atoms with Gasteiger partial charge in [0.2, 0.25) is 0 Å². The van der Waals surface area contributed by atoms with E-state index < -0.39 is 8.07 Å². The van der Waals surface area contributed by atoms with Crippen LogP contribution in [0.1, 0.15) is 13.8 Å². The molecule has 0 rings (SSSR count). The summed E-state index contributed by atoms with van der Waals surface area (Å²) in [7, 11) is -0.898. The lowest BCUT2D eigenvalue weighted by atomic mass is 10.00. The summed E-state index contributed by atoms with van der Waals surface area (Å²) in [6.45, 7) is 11.7. The highest BCUT2D eigenvalue weighted by atomic mass is 35.5. The summed E-state index contributed by atoms with van der Waals surface area (Å²) in [6.07, 6.45) is 0. The van der Waals surface area contributed by atoms with Crippen LogP contribution in [0.25, 0.3) is 0 Å². The Kier molecular flexibility index (Phi) is 3.43. The van der Waals surface area contributed by atoms with Gasteiger partial charge in [-0.2, -0.15) is 0 Å². The Morgan fingerprint density at radius 2 is 1.60 bits per heavy atom. The highest BCUT2D eigenvalue weighted by Gasteiger charge is 2.25. The van der Waals surface area contributed by atoms with Gasteiger partial charge in [-0.15, -0.1) is 11.6 Å². The second kappa shape index (κ2) is 3.27. The number of rotatable bonds is 3. The molecule has 62 valence electrons. The van der Waals surface area contributed by atoms with Crippen LogP contribution < -0.4 is 0 Å². The molecule has 0 heterocycles.